The second-order valence-electron chi connectivity index (χ2n) is 4.86. The molecule has 4 heterocycles. The third-order valence-electron chi connectivity index (χ3n) is 3.34. The molecule has 0 bridgehead atoms. The third kappa shape index (κ3) is 1.56. The van der Waals surface area contributed by atoms with Crippen molar-refractivity contribution in [3.63, 3.8) is 0 Å². The molecule has 8 nitrogen and oxygen atoms in total. The zero-order valence-corrected chi connectivity index (χ0v) is 12.1. The van der Waals surface area contributed by atoms with Gasteiger partial charge in [0, 0.05) is 5.56 Å². The molecule has 5 rings (SSSR count). The Hall–Kier alpha value is -2.94. The molecule has 9 heteroatoms. The minimum absolute atomic E-state index is 0.344. The van der Waals surface area contributed by atoms with Gasteiger partial charge in [-0.3, -0.25) is 0 Å². The van der Waals surface area contributed by atoms with Crippen molar-refractivity contribution in [2.75, 3.05) is 0 Å². The van der Waals surface area contributed by atoms with Crippen molar-refractivity contribution in [1.82, 2.24) is 34.9 Å². The predicted octanol–water partition coefficient (Wildman–Crippen LogP) is 2.25. The minimum Gasteiger partial charge on any atom is -0.240 e. The van der Waals surface area contributed by atoms with Crippen molar-refractivity contribution in [2.24, 2.45) is 0 Å². The molecule has 0 aliphatic carbocycles. The van der Waals surface area contributed by atoms with Crippen molar-refractivity contribution in [2.45, 2.75) is 6.92 Å². The zero-order chi connectivity index (χ0) is 14.7. The standard InChI is InChI=1S/C13H7N7OS/c1-6-2-4-7(5-3-6)12-17-20-11-10(16-13(20)22-12)14-8-9(15-11)19-21-18-8/h2-5H,1H3. The highest BCUT2D eigenvalue weighted by Crippen LogP contribution is 2.27. The van der Waals surface area contributed by atoms with E-state index in [4.69, 9.17) is 0 Å². The Morgan fingerprint density at radius 2 is 1.73 bits per heavy atom. The Bertz CT molecular complexity index is 1140. The first-order valence-electron chi connectivity index (χ1n) is 6.50. The molecular weight excluding hydrogens is 302 g/mol. The monoisotopic (exact) mass is 309 g/mol. The van der Waals surface area contributed by atoms with E-state index in [1.165, 1.54) is 16.9 Å². The Balaban J connectivity index is 1.77. The topological polar surface area (TPSA) is 94.9 Å². The minimum atomic E-state index is 0.344. The number of benzene rings is 1. The smallest absolute Gasteiger partial charge is 0.240 e. The second kappa shape index (κ2) is 4.04. The second-order valence-corrected chi connectivity index (χ2v) is 5.82. The van der Waals surface area contributed by atoms with E-state index in [9.17, 15) is 0 Å². The van der Waals surface area contributed by atoms with Gasteiger partial charge in [0.15, 0.2) is 0 Å². The van der Waals surface area contributed by atoms with Crippen LogP contribution >= 0.6 is 11.3 Å². The summed E-state index contributed by atoms with van der Waals surface area (Å²) in [7, 11) is 0. The van der Waals surface area contributed by atoms with Gasteiger partial charge in [-0.1, -0.05) is 41.2 Å². The number of hydrogen-bond donors (Lipinski definition) is 0. The quantitative estimate of drug-likeness (QED) is 0.468. The van der Waals surface area contributed by atoms with Gasteiger partial charge in [-0.15, -0.1) is 0 Å². The van der Waals surface area contributed by atoms with Gasteiger partial charge in [0.25, 0.3) is 0 Å². The fraction of sp³-hybridized carbons (Fsp3) is 0.0769. The van der Waals surface area contributed by atoms with Gasteiger partial charge >= 0.3 is 0 Å². The lowest BCUT2D eigenvalue weighted by Gasteiger charge is -1.95. The molecule has 22 heavy (non-hydrogen) atoms. The summed E-state index contributed by atoms with van der Waals surface area (Å²) >= 11 is 1.49. The first kappa shape index (κ1) is 11.7. The van der Waals surface area contributed by atoms with Crippen molar-refractivity contribution >= 4 is 38.9 Å². The lowest BCUT2D eigenvalue weighted by Crippen LogP contribution is -1.90. The first-order valence-corrected chi connectivity index (χ1v) is 7.32. The first-order chi connectivity index (χ1) is 10.8. The highest BCUT2D eigenvalue weighted by atomic mass is 32.1. The molecule has 1 aromatic carbocycles. The average molecular weight is 309 g/mol. The Labute approximate surface area is 126 Å². The van der Waals surface area contributed by atoms with Crippen LogP contribution in [0.5, 0.6) is 0 Å². The molecule has 0 radical (unpaired) electrons. The van der Waals surface area contributed by atoms with Crippen LogP contribution in [0, 0.1) is 6.92 Å². The van der Waals surface area contributed by atoms with Crippen molar-refractivity contribution in [3.8, 4) is 10.6 Å². The summed E-state index contributed by atoms with van der Waals surface area (Å²) in [6.45, 7) is 2.05. The Kier molecular flexibility index (Phi) is 2.15. The van der Waals surface area contributed by atoms with Gasteiger partial charge in [-0.05, 0) is 17.2 Å². The normalized spacial score (nSPS) is 11.9. The van der Waals surface area contributed by atoms with Crippen LogP contribution in [0.2, 0.25) is 0 Å². The largest absolute Gasteiger partial charge is 0.245 e. The summed E-state index contributed by atoms with van der Waals surface area (Å²) in [6.07, 6.45) is 0. The molecule has 106 valence electrons. The van der Waals surface area contributed by atoms with Gasteiger partial charge in [0.1, 0.15) is 5.01 Å². The summed E-state index contributed by atoms with van der Waals surface area (Å²) in [5.74, 6) is 0. The molecule has 5 aromatic rings. The van der Waals surface area contributed by atoms with E-state index >= 15 is 0 Å². The molecule has 0 N–H and O–H groups in total. The summed E-state index contributed by atoms with van der Waals surface area (Å²) in [5, 5.41) is 12.8. The molecule has 0 spiro atoms. The van der Waals surface area contributed by atoms with Crippen molar-refractivity contribution in [3.05, 3.63) is 29.8 Å². The third-order valence-corrected chi connectivity index (χ3v) is 4.30. The average Bonchev–Trinajstić information content (AvgIpc) is 3.19. The van der Waals surface area contributed by atoms with Gasteiger partial charge in [-0.25, -0.2) is 4.63 Å². The molecule has 0 unspecified atom stereocenters. The van der Waals surface area contributed by atoms with Crippen molar-refractivity contribution in [1.29, 1.82) is 0 Å². The number of aryl methyl sites for hydroxylation is 1. The van der Waals surface area contributed by atoms with Crippen LogP contribution in [0.4, 0.5) is 0 Å². The lowest BCUT2D eigenvalue weighted by molar-refractivity contribution is 0.314. The number of rotatable bonds is 1. The number of nitrogens with zero attached hydrogens (tertiary/aromatic N) is 7. The summed E-state index contributed by atoms with van der Waals surface area (Å²) in [5.41, 5.74) is 3.98. The summed E-state index contributed by atoms with van der Waals surface area (Å²) < 4.78 is 6.30. The van der Waals surface area contributed by atoms with E-state index in [0.29, 0.717) is 22.6 Å². The maximum absolute atomic E-state index is 4.62. The van der Waals surface area contributed by atoms with E-state index in [-0.39, 0.29) is 0 Å². The van der Waals surface area contributed by atoms with Gasteiger partial charge in [-0.2, -0.15) is 24.6 Å². The predicted molar refractivity (Wildman–Crippen MR) is 79.5 cm³/mol. The van der Waals surface area contributed by atoms with Crippen LogP contribution in [-0.2, 0) is 0 Å². The molecule has 0 saturated carbocycles. The highest BCUT2D eigenvalue weighted by Gasteiger charge is 2.16. The maximum Gasteiger partial charge on any atom is 0.245 e. The number of fused-ring (bicyclic) bond motifs is 4. The zero-order valence-electron chi connectivity index (χ0n) is 11.3. The fourth-order valence-electron chi connectivity index (χ4n) is 2.23. The fourth-order valence-corrected chi connectivity index (χ4v) is 3.13. The maximum atomic E-state index is 4.62. The van der Waals surface area contributed by atoms with Crippen molar-refractivity contribution < 1.29 is 4.63 Å². The van der Waals surface area contributed by atoms with E-state index < -0.39 is 0 Å². The number of imidazole rings is 1. The van der Waals surface area contributed by atoms with Crippen LogP contribution in [0.15, 0.2) is 28.9 Å². The molecular formula is C13H7N7OS. The highest BCUT2D eigenvalue weighted by molar-refractivity contribution is 7.19. The Morgan fingerprint density at radius 3 is 2.55 bits per heavy atom. The molecule has 0 aliphatic rings. The van der Waals surface area contributed by atoms with Crippen LogP contribution in [0.3, 0.4) is 0 Å². The van der Waals surface area contributed by atoms with Crippen LogP contribution < -0.4 is 0 Å². The summed E-state index contributed by atoms with van der Waals surface area (Å²) in [6, 6.07) is 8.20. The molecule has 0 saturated heterocycles. The van der Waals surface area contributed by atoms with E-state index in [2.05, 4.69) is 54.0 Å². The number of aromatic nitrogens is 7. The van der Waals surface area contributed by atoms with Crippen LogP contribution in [-0.4, -0.2) is 34.9 Å². The number of hydrogen-bond acceptors (Lipinski definition) is 8. The van der Waals surface area contributed by atoms with E-state index in [1.54, 1.807) is 4.52 Å². The van der Waals surface area contributed by atoms with Crippen LogP contribution in [0.25, 0.3) is 38.1 Å². The van der Waals surface area contributed by atoms with E-state index in [1.807, 2.05) is 12.1 Å². The van der Waals surface area contributed by atoms with Gasteiger partial charge in [0.05, 0.1) is 0 Å². The summed E-state index contributed by atoms with van der Waals surface area (Å²) in [4.78, 5) is 13.8. The molecule has 0 atom stereocenters. The molecule has 0 aliphatic heterocycles. The van der Waals surface area contributed by atoms with Gasteiger partial charge in [0.2, 0.25) is 27.5 Å². The van der Waals surface area contributed by atoms with E-state index in [0.717, 1.165) is 15.5 Å². The van der Waals surface area contributed by atoms with Gasteiger partial charge < -0.3 is 0 Å². The molecule has 0 amide bonds. The molecule has 4 aromatic heterocycles. The molecule has 0 fully saturated rings. The SMILES string of the molecule is Cc1ccc(-c2nn3c(nc4nc5nonc5nc43)s2)cc1. The lowest BCUT2D eigenvalue weighted by atomic mass is 10.2. The van der Waals surface area contributed by atoms with Crippen LogP contribution in [0.1, 0.15) is 5.56 Å². The Morgan fingerprint density at radius 1 is 0.955 bits per heavy atom.